The van der Waals surface area contributed by atoms with E-state index in [-0.39, 0.29) is 6.61 Å². The minimum absolute atomic E-state index is 0.220. The maximum atomic E-state index is 8.32. The molecule has 1 unspecified atom stereocenters. The van der Waals surface area contributed by atoms with Crippen molar-refractivity contribution in [2.75, 3.05) is 13.2 Å². The molecule has 0 fully saturated rings. The van der Waals surface area contributed by atoms with Crippen molar-refractivity contribution < 1.29 is 9.84 Å². The van der Waals surface area contributed by atoms with Crippen LogP contribution in [-0.2, 0) is 4.74 Å². The molecule has 0 aromatic carbocycles. The van der Waals surface area contributed by atoms with Crippen LogP contribution in [0.3, 0.4) is 0 Å². The number of alkyl halides is 1. The fourth-order valence-corrected chi connectivity index (χ4v) is 0.304. The summed E-state index contributed by atoms with van der Waals surface area (Å²) in [7, 11) is 0. The van der Waals surface area contributed by atoms with Gasteiger partial charge < -0.3 is 9.84 Å². The quantitative estimate of drug-likeness (QED) is 0.558. The van der Waals surface area contributed by atoms with Gasteiger partial charge in [-0.05, 0) is 6.92 Å². The number of hydrogen-bond acceptors (Lipinski definition) is 2. The van der Waals surface area contributed by atoms with Gasteiger partial charge in [0.25, 0.3) is 0 Å². The highest BCUT2D eigenvalue weighted by Crippen LogP contribution is 1.88. The van der Waals surface area contributed by atoms with Crippen LogP contribution in [0.1, 0.15) is 6.92 Å². The number of hydrogen-bond donors (Lipinski definition) is 1. The largest absolute Gasteiger partial charge is 0.378 e. The van der Waals surface area contributed by atoms with E-state index in [4.69, 9.17) is 21.4 Å². The molecule has 0 heterocycles. The third-order valence-corrected chi connectivity index (χ3v) is 0.585. The van der Waals surface area contributed by atoms with Gasteiger partial charge in [0.05, 0.1) is 6.61 Å². The standard InChI is InChI=1S/C4H9ClO2/c1-2-7-3-4(5)6/h4,6H,2-3H2,1H3. The molecule has 44 valence electrons. The van der Waals surface area contributed by atoms with Crippen LogP contribution in [0.2, 0.25) is 0 Å². The first-order chi connectivity index (χ1) is 3.27. The molecule has 0 aromatic rings. The van der Waals surface area contributed by atoms with E-state index in [1.54, 1.807) is 0 Å². The fraction of sp³-hybridized carbons (Fsp3) is 1.00. The van der Waals surface area contributed by atoms with Crippen LogP contribution < -0.4 is 0 Å². The lowest BCUT2D eigenvalue weighted by Crippen LogP contribution is -2.06. The highest BCUT2D eigenvalue weighted by Gasteiger charge is 1.92. The van der Waals surface area contributed by atoms with Crippen LogP contribution in [0, 0.1) is 0 Å². The summed E-state index contributed by atoms with van der Waals surface area (Å²) in [4.78, 5) is 0. The van der Waals surface area contributed by atoms with Gasteiger partial charge in [0.1, 0.15) is 0 Å². The summed E-state index contributed by atoms with van der Waals surface area (Å²) in [6.07, 6.45) is 0. The van der Waals surface area contributed by atoms with Crippen LogP contribution in [0.5, 0.6) is 0 Å². The molecule has 0 spiro atoms. The minimum atomic E-state index is -0.847. The molecule has 1 N–H and O–H groups in total. The predicted octanol–water partition coefficient (Wildman–Crippen LogP) is 0.580. The van der Waals surface area contributed by atoms with Crippen molar-refractivity contribution in [2.24, 2.45) is 0 Å². The Morgan fingerprint density at radius 1 is 1.86 bits per heavy atom. The van der Waals surface area contributed by atoms with Gasteiger partial charge in [0.15, 0.2) is 5.56 Å². The monoisotopic (exact) mass is 124 g/mol. The highest BCUT2D eigenvalue weighted by atomic mass is 35.5. The van der Waals surface area contributed by atoms with Crippen molar-refractivity contribution in [1.29, 1.82) is 0 Å². The highest BCUT2D eigenvalue weighted by molar-refractivity contribution is 6.19. The molecule has 0 amide bonds. The lowest BCUT2D eigenvalue weighted by Gasteiger charge is -1.98. The predicted molar refractivity (Wildman–Crippen MR) is 28.4 cm³/mol. The minimum Gasteiger partial charge on any atom is -0.378 e. The van der Waals surface area contributed by atoms with Gasteiger partial charge in [-0.2, -0.15) is 0 Å². The third-order valence-electron chi connectivity index (χ3n) is 0.460. The average molecular weight is 125 g/mol. The molecule has 0 bridgehead atoms. The molecular weight excluding hydrogens is 115 g/mol. The Hall–Kier alpha value is 0.210. The zero-order valence-corrected chi connectivity index (χ0v) is 4.98. The number of aliphatic hydroxyl groups excluding tert-OH is 1. The first-order valence-electron chi connectivity index (χ1n) is 2.17. The van der Waals surface area contributed by atoms with Crippen molar-refractivity contribution in [3.05, 3.63) is 0 Å². The van der Waals surface area contributed by atoms with E-state index in [1.165, 1.54) is 0 Å². The first kappa shape index (κ1) is 7.21. The lowest BCUT2D eigenvalue weighted by atomic mass is 10.7. The Morgan fingerprint density at radius 2 is 2.43 bits per heavy atom. The van der Waals surface area contributed by atoms with Gasteiger partial charge in [-0.3, -0.25) is 0 Å². The maximum Gasteiger partial charge on any atom is 0.151 e. The zero-order valence-electron chi connectivity index (χ0n) is 4.22. The van der Waals surface area contributed by atoms with E-state index in [0.29, 0.717) is 6.61 Å². The van der Waals surface area contributed by atoms with E-state index in [2.05, 4.69) is 0 Å². The molecule has 0 saturated heterocycles. The van der Waals surface area contributed by atoms with Crippen molar-refractivity contribution in [3.8, 4) is 0 Å². The summed E-state index contributed by atoms with van der Waals surface area (Å²) in [6, 6.07) is 0. The summed E-state index contributed by atoms with van der Waals surface area (Å²) in [5.41, 5.74) is -0.847. The Bertz CT molecular complexity index is 38.7. The molecule has 0 aliphatic carbocycles. The molecule has 0 rings (SSSR count). The van der Waals surface area contributed by atoms with E-state index >= 15 is 0 Å². The topological polar surface area (TPSA) is 29.5 Å². The van der Waals surface area contributed by atoms with Crippen molar-refractivity contribution in [3.63, 3.8) is 0 Å². The molecule has 2 nitrogen and oxygen atoms in total. The molecule has 1 atom stereocenters. The number of aliphatic hydroxyl groups is 1. The molecule has 0 saturated carbocycles. The molecule has 0 aliphatic heterocycles. The fourth-order valence-electron chi connectivity index (χ4n) is 0.215. The molecule has 0 aliphatic rings. The summed E-state index contributed by atoms with van der Waals surface area (Å²) in [5, 5.41) is 8.32. The Balaban J connectivity index is 2.68. The van der Waals surface area contributed by atoms with Gasteiger partial charge in [0, 0.05) is 6.61 Å². The van der Waals surface area contributed by atoms with Crippen LogP contribution in [-0.4, -0.2) is 23.9 Å². The normalized spacial score (nSPS) is 14.1. The Morgan fingerprint density at radius 3 is 2.57 bits per heavy atom. The van der Waals surface area contributed by atoms with E-state index < -0.39 is 5.56 Å². The van der Waals surface area contributed by atoms with Gasteiger partial charge in [-0.15, -0.1) is 0 Å². The van der Waals surface area contributed by atoms with E-state index in [1.807, 2.05) is 6.92 Å². The summed E-state index contributed by atoms with van der Waals surface area (Å²) < 4.78 is 4.71. The Labute approximate surface area is 48.0 Å². The number of ether oxygens (including phenoxy) is 1. The van der Waals surface area contributed by atoms with Crippen molar-refractivity contribution in [2.45, 2.75) is 12.5 Å². The van der Waals surface area contributed by atoms with Gasteiger partial charge in [-0.1, -0.05) is 11.6 Å². The zero-order chi connectivity index (χ0) is 5.70. The summed E-state index contributed by atoms with van der Waals surface area (Å²) in [5.74, 6) is 0. The van der Waals surface area contributed by atoms with E-state index in [0.717, 1.165) is 0 Å². The third kappa shape index (κ3) is 6.21. The van der Waals surface area contributed by atoms with Gasteiger partial charge >= 0.3 is 0 Å². The number of rotatable bonds is 3. The lowest BCUT2D eigenvalue weighted by molar-refractivity contribution is 0.0824. The molecule has 3 heteroatoms. The van der Waals surface area contributed by atoms with Crippen LogP contribution in [0.4, 0.5) is 0 Å². The molecule has 0 aromatic heterocycles. The SMILES string of the molecule is CCOCC(O)Cl. The van der Waals surface area contributed by atoms with Gasteiger partial charge in [-0.25, -0.2) is 0 Å². The maximum absolute atomic E-state index is 8.32. The Kier molecular flexibility index (Phi) is 4.50. The second-order valence-corrected chi connectivity index (χ2v) is 1.60. The van der Waals surface area contributed by atoms with E-state index in [9.17, 15) is 0 Å². The smallest absolute Gasteiger partial charge is 0.151 e. The van der Waals surface area contributed by atoms with Crippen molar-refractivity contribution in [1.82, 2.24) is 0 Å². The molecule has 7 heavy (non-hydrogen) atoms. The second kappa shape index (κ2) is 4.37. The molecular formula is C4H9ClO2. The molecule has 0 radical (unpaired) electrons. The van der Waals surface area contributed by atoms with Crippen LogP contribution >= 0.6 is 11.6 Å². The summed E-state index contributed by atoms with van der Waals surface area (Å²) in [6.45, 7) is 2.67. The number of halogens is 1. The van der Waals surface area contributed by atoms with Crippen LogP contribution in [0.15, 0.2) is 0 Å². The summed E-state index contributed by atoms with van der Waals surface area (Å²) >= 11 is 5.09. The first-order valence-corrected chi connectivity index (χ1v) is 2.61. The van der Waals surface area contributed by atoms with Crippen molar-refractivity contribution >= 4 is 11.6 Å². The second-order valence-electron chi connectivity index (χ2n) is 1.09. The average Bonchev–Trinajstić information content (AvgIpc) is 1.61. The van der Waals surface area contributed by atoms with Gasteiger partial charge in [0.2, 0.25) is 0 Å². The van der Waals surface area contributed by atoms with Crippen LogP contribution in [0.25, 0.3) is 0 Å².